The van der Waals surface area contributed by atoms with Crippen molar-refractivity contribution in [1.29, 1.82) is 0 Å². The molecule has 0 aliphatic heterocycles. The number of thiazole rings is 1. The van der Waals surface area contributed by atoms with Crippen molar-refractivity contribution >= 4 is 17.2 Å². The summed E-state index contributed by atoms with van der Waals surface area (Å²) in [5.74, 6) is 2.03. The van der Waals surface area contributed by atoms with E-state index >= 15 is 0 Å². The molecular weight excluding hydrogens is 463 g/mol. The maximum atomic E-state index is 14.4. The van der Waals surface area contributed by atoms with Crippen LogP contribution < -0.4 is 9.47 Å². The van der Waals surface area contributed by atoms with Gasteiger partial charge in [0.25, 0.3) is 5.91 Å². The standard InChI is InChI=1S/C28H31FN2O3S/c1-17-4-8-21(15-22(17)29)26-25(30-27(35-26)20-9-10-20)28(32)31(16-19-5-6-19)13-12-18-7-11-23(33-2)24(14-18)34-3/h4,7-8,11,14-15,19-20H,5-6,9-10,12-13,16H2,1-3H3. The Hall–Kier alpha value is -2.93. The highest BCUT2D eigenvalue weighted by Gasteiger charge is 2.33. The number of methoxy groups -OCH3 is 2. The van der Waals surface area contributed by atoms with Gasteiger partial charge in [-0.15, -0.1) is 11.3 Å². The van der Waals surface area contributed by atoms with E-state index in [1.165, 1.54) is 6.07 Å². The van der Waals surface area contributed by atoms with Crippen LogP contribution in [0.25, 0.3) is 10.4 Å². The second-order valence-electron chi connectivity index (χ2n) is 9.60. The quantitative estimate of drug-likeness (QED) is 0.334. The highest BCUT2D eigenvalue weighted by Crippen LogP contribution is 2.45. The number of hydrogen-bond donors (Lipinski definition) is 0. The van der Waals surface area contributed by atoms with E-state index in [0.29, 0.717) is 47.6 Å². The van der Waals surface area contributed by atoms with Gasteiger partial charge in [0.2, 0.25) is 0 Å². The van der Waals surface area contributed by atoms with E-state index in [1.54, 1.807) is 38.5 Å². The Labute approximate surface area is 209 Å². The summed E-state index contributed by atoms with van der Waals surface area (Å²) in [6.45, 7) is 3.06. The molecule has 0 N–H and O–H groups in total. The summed E-state index contributed by atoms with van der Waals surface area (Å²) < 4.78 is 25.2. The molecule has 3 aromatic rings. The van der Waals surface area contributed by atoms with Gasteiger partial charge >= 0.3 is 0 Å². The van der Waals surface area contributed by atoms with Crippen molar-refractivity contribution in [2.45, 2.75) is 44.9 Å². The molecule has 0 saturated heterocycles. The maximum Gasteiger partial charge on any atom is 0.274 e. The lowest BCUT2D eigenvalue weighted by atomic mass is 10.1. The van der Waals surface area contributed by atoms with Gasteiger partial charge in [0.1, 0.15) is 11.5 Å². The third kappa shape index (κ3) is 5.35. The molecule has 1 amide bonds. The first-order valence-corrected chi connectivity index (χ1v) is 13.1. The Bertz CT molecular complexity index is 1230. The number of rotatable bonds is 10. The van der Waals surface area contributed by atoms with E-state index in [2.05, 4.69) is 0 Å². The van der Waals surface area contributed by atoms with E-state index in [4.69, 9.17) is 14.5 Å². The van der Waals surface area contributed by atoms with Crippen LogP contribution in [0.15, 0.2) is 36.4 Å². The van der Waals surface area contributed by atoms with Crippen LogP contribution in [0.2, 0.25) is 0 Å². The molecule has 5 nitrogen and oxygen atoms in total. The largest absolute Gasteiger partial charge is 0.493 e. The Kier molecular flexibility index (Phi) is 6.78. The summed E-state index contributed by atoms with van der Waals surface area (Å²) in [7, 11) is 3.24. The van der Waals surface area contributed by atoms with Crippen molar-refractivity contribution in [2.24, 2.45) is 5.92 Å². The fourth-order valence-electron chi connectivity index (χ4n) is 4.25. The monoisotopic (exact) mass is 494 g/mol. The zero-order valence-corrected chi connectivity index (χ0v) is 21.3. The molecule has 2 aliphatic rings. The van der Waals surface area contributed by atoms with Crippen molar-refractivity contribution in [3.8, 4) is 21.9 Å². The summed E-state index contributed by atoms with van der Waals surface area (Å²) in [6.07, 6.45) is 5.22. The van der Waals surface area contributed by atoms with Gasteiger partial charge in [0.15, 0.2) is 11.5 Å². The van der Waals surface area contributed by atoms with Gasteiger partial charge in [-0.2, -0.15) is 0 Å². The van der Waals surface area contributed by atoms with Gasteiger partial charge < -0.3 is 14.4 Å². The normalized spacial score (nSPS) is 15.2. The molecule has 0 spiro atoms. The topological polar surface area (TPSA) is 51.7 Å². The number of halogens is 1. The Morgan fingerprint density at radius 1 is 1.09 bits per heavy atom. The molecule has 1 heterocycles. The summed E-state index contributed by atoms with van der Waals surface area (Å²) >= 11 is 1.55. The predicted octanol–water partition coefficient (Wildman–Crippen LogP) is 6.25. The average Bonchev–Trinajstić information content (AvgIpc) is 3.81. The molecule has 2 fully saturated rings. The number of aryl methyl sites for hydroxylation is 1. The number of ether oxygens (including phenoxy) is 2. The summed E-state index contributed by atoms with van der Waals surface area (Å²) in [5.41, 5.74) is 2.87. The lowest BCUT2D eigenvalue weighted by molar-refractivity contribution is 0.0745. The van der Waals surface area contributed by atoms with Crippen LogP contribution in [0, 0.1) is 18.7 Å². The molecule has 5 rings (SSSR count). The molecule has 7 heteroatoms. The lowest BCUT2D eigenvalue weighted by Crippen LogP contribution is -2.35. The molecule has 1 aromatic heterocycles. The highest BCUT2D eigenvalue weighted by molar-refractivity contribution is 7.15. The number of aromatic nitrogens is 1. The van der Waals surface area contributed by atoms with Crippen LogP contribution >= 0.6 is 11.3 Å². The van der Waals surface area contributed by atoms with Crippen molar-refractivity contribution in [2.75, 3.05) is 27.3 Å². The molecule has 2 aromatic carbocycles. The number of carbonyl (C=O) groups is 1. The first kappa shape index (κ1) is 23.8. The van der Waals surface area contributed by atoms with Crippen LogP contribution in [0.1, 0.15) is 58.2 Å². The zero-order valence-electron chi connectivity index (χ0n) is 20.5. The molecule has 0 bridgehead atoms. The molecule has 184 valence electrons. The number of benzene rings is 2. The third-order valence-corrected chi connectivity index (χ3v) is 8.05. The number of nitrogens with zero attached hydrogens (tertiary/aromatic N) is 2. The Morgan fingerprint density at radius 2 is 1.86 bits per heavy atom. The molecular formula is C28H31FN2O3S. The minimum absolute atomic E-state index is 0.0588. The second-order valence-corrected chi connectivity index (χ2v) is 10.6. The average molecular weight is 495 g/mol. The Morgan fingerprint density at radius 3 is 2.51 bits per heavy atom. The molecule has 2 aliphatic carbocycles. The van der Waals surface area contributed by atoms with Gasteiger partial charge in [0.05, 0.1) is 24.1 Å². The highest BCUT2D eigenvalue weighted by atomic mass is 32.1. The van der Waals surface area contributed by atoms with Crippen molar-refractivity contribution in [1.82, 2.24) is 9.88 Å². The van der Waals surface area contributed by atoms with Gasteiger partial charge in [-0.25, -0.2) is 9.37 Å². The van der Waals surface area contributed by atoms with E-state index in [-0.39, 0.29) is 11.7 Å². The van der Waals surface area contributed by atoms with Gasteiger partial charge in [-0.3, -0.25) is 4.79 Å². The molecule has 2 saturated carbocycles. The molecule has 35 heavy (non-hydrogen) atoms. The summed E-state index contributed by atoms with van der Waals surface area (Å²) in [6, 6.07) is 11.1. The van der Waals surface area contributed by atoms with Crippen LogP contribution in [0.4, 0.5) is 4.39 Å². The SMILES string of the molecule is COc1ccc(CCN(CC2CC2)C(=O)c2nc(C3CC3)sc2-c2ccc(C)c(F)c2)cc1OC. The fraction of sp³-hybridized carbons (Fsp3) is 0.429. The summed E-state index contributed by atoms with van der Waals surface area (Å²) in [4.78, 5) is 21.4. The van der Waals surface area contributed by atoms with Crippen molar-refractivity contribution in [3.05, 3.63) is 64.0 Å². The third-order valence-electron chi connectivity index (χ3n) is 6.79. The first-order valence-electron chi connectivity index (χ1n) is 12.2. The van der Waals surface area contributed by atoms with E-state index < -0.39 is 0 Å². The Balaban J connectivity index is 1.42. The summed E-state index contributed by atoms with van der Waals surface area (Å²) in [5, 5.41) is 0.996. The van der Waals surface area contributed by atoms with E-state index in [1.807, 2.05) is 29.2 Å². The lowest BCUT2D eigenvalue weighted by Gasteiger charge is -2.23. The minimum atomic E-state index is -0.259. The zero-order chi connectivity index (χ0) is 24.5. The van der Waals surface area contributed by atoms with E-state index in [9.17, 15) is 9.18 Å². The minimum Gasteiger partial charge on any atom is -0.493 e. The maximum absolute atomic E-state index is 14.4. The van der Waals surface area contributed by atoms with Crippen LogP contribution in [-0.2, 0) is 6.42 Å². The van der Waals surface area contributed by atoms with Gasteiger partial charge in [-0.05, 0) is 79.8 Å². The smallest absolute Gasteiger partial charge is 0.274 e. The van der Waals surface area contributed by atoms with Gasteiger partial charge in [0, 0.05) is 19.0 Å². The van der Waals surface area contributed by atoms with Crippen LogP contribution in [0.3, 0.4) is 0 Å². The molecule has 0 atom stereocenters. The van der Waals surface area contributed by atoms with Crippen molar-refractivity contribution in [3.63, 3.8) is 0 Å². The number of carbonyl (C=O) groups excluding carboxylic acids is 1. The fourth-order valence-corrected chi connectivity index (χ4v) is 5.48. The first-order chi connectivity index (χ1) is 17.0. The number of amides is 1. The second kappa shape index (κ2) is 9.97. The molecule has 0 unspecified atom stereocenters. The molecule has 0 radical (unpaired) electrons. The van der Waals surface area contributed by atoms with Crippen LogP contribution in [0.5, 0.6) is 11.5 Å². The number of hydrogen-bond acceptors (Lipinski definition) is 5. The van der Waals surface area contributed by atoms with Crippen LogP contribution in [-0.4, -0.2) is 43.1 Å². The predicted molar refractivity (Wildman–Crippen MR) is 136 cm³/mol. The van der Waals surface area contributed by atoms with Crippen molar-refractivity contribution < 1.29 is 18.7 Å². The van der Waals surface area contributed by atoms with E-state index in [0.717, 1.165) is 53.2 Å². The van der Waals surface area contributed by atoms with Gasteiger partial charge in [-0.1, -0.05) is 18.2 Å².